The Morgan fingerprint density at radius 2 is 2.05 bits per heavy atom. The highest BCUT2D eigenvalue weighted by Gasteiger charge is 2.42. The van der Waals surface area contributed by atoms with Gasteiger partial charge in [0, 0.05) is 19.3 Å². The van der Waals surface area contributed by atoms with Crippen LogP contribution in [0.1, 0.15) is 26.7 Å². The number of likely N-dealkylation sites (N-methyl/N-ethyl adjacent to an activating group) is 2. The van der Waals surface area contributed by atoms with E-state index in [4.69, 9.17) is 0 Å². The maximum Gasteiger partial charge on any atom is 0.327 e. The Bertz CT molecular complexity index is 405. The van der Waals surface area contributed by atoms with E-state index >= 15 is 0 Å². The van der Waals surface area contributed by atoms with Crippen molar-refractivity contribution in [1.29, 1.82) is 0 Å². The second kappa shape index (κ2) is 8.11. The molecule has 7 nitrogen and oxygen atoms in total. The summed E-state index contributed by atoms with van der Waals surface area (Å²) in [5.41, 5.74) is 0. The van der Waals surface area contributed by atoms with Gasteiger partial charge >= 0.3 is 12.0 Å². The Balaban J connectivity index is 2.90. The summed E-state index contributed by atoms with van der Waals surface area (Å²) in [6, 6.07) is -1.20. The van der Waals surface area contributed by atoms with Crippen LogP contribution in [0.4, 0.5) is 4.79 Å². The average molecular weight is 317 g/mol. The van der Waals surface area contributed by atoms with Gasteiger partial charge in [0.15, 0.2) is 0 Å². The van der Waals surface area contributed by atoms with E-state index in [1.54, 1.807) is 6.92 Å². The summed E-state index contributed by atoms with van der Waals surface area (Å²) in [4.78, 5) is 38.2. The summed E-state index contributed by atoms with van der Waals surface area (Å²) in [5.74, 6) is -0.870. The van der Waals surface area contributed by atoms with Crippen LogP contribution in [0.15, 0.2) is 0 Å². The summed E-state index contributed by atoms with van der Waals surface area (Å²) in [5, 5.41) is 11.6. The lowest BCUT2D eigenvalue weighted by Gasteiger charge is -2.32. The third-order valence-corrected chi connectivity index (χ3v) is 4.76. The number of carboxylic acids is 1. The quantitative estimate of drug-likeness (QED) is 0.756. The van der Waals surface area contributed by atoms with Crippen LogP contribution >= 0.6 is 11.8 Å². The van der Waals surface area contributed by atoms with E-state index in [1.165, 1.54) is 28.6 Å². The summed E-state index contributed by atoms with van der Waals surface area (Å²) in [6.07, 6.45) is 1.62. The maximum atomic E-state index is 12.6. The Kier molecular flexibility index (Phi) is 6.80. The van der Waals surface area contributed by atoms with Crippen molar-refractivity contribution >= 4 is 29.7 Å². The SMILES string of the molecule is CCCC1SCC(C(=O)O)N1C(=O)N(CC)CC(=O)NC. The minimum Gasteiger partial charge on any atom is -0.480 e. The van der Waals surface area contributed by atoms with Crippen LogP contribution in [-0.2, 0) is 9.59 Å². The number of carboxylic acid groups (broad SMARTS) is 1. The van der Waals surface area contributed by atoms with Gasteiger partial charge in [-0.3, -0.25) is 9.69 Å². The highest BCUT2D eigenvalue weighted by molar-refractivity contribution is 8.00. The fourth-order valence-corrected chi connectivity index (χ4v) is 3.72. The number of nitrogens with one attached hydrogen (secondary N) is 1. The molecule has 3 amide bonds. The highest BCUT2D eigenvalue weighted by Crippen LogP contribution is 2.33. The minimum absolute atomic E-state index is 0.0574. The molecule has 2 N–H and O–H groups in total. The number of urea groups is 1. The van der Waals surface area contributed by atoms with Crippen molar-refractivity contribution in [3.05, 3.63) is 0 Å². The van der Waals surface area contributed by atoms with E-state index in [2.05, 4.69) is 5.32 Å². The largest absolute Gasteiger partial charge is 0.480 e. The lowest BCUT2D eigenvalue weighted by Crippen LogP contribution is -2.53. The Morgan fingerprint density at radius 1 is 1.38 bits per heavy atom. The zero-order valence-corrected chi connectivity index (χ0v) is 13.5. The number of aliphatic carboxylic acids is 1. The number of carbonyl (C=O) groups excluding carboxylic acids is 2. The van der Waals surface area contributed by atoms with Gasteiger partial charge in [-0.15, -0.1) is 11.8 Å². The number of hydrogen-bond donors (Lipinski definition) is 2. The molecule has 0 aromatic carbocycles. The van der Waals surface area contributed by atoms with Gasteiger partial charge in [0.25, 0.3) is 0 Å². The van der Waals surface area contributed by atoms with Crippen molar-refractivity contribution in [2.45, 2.75) is 38.1 Å². The van der Waals surface area contributed by atoms with Gasteiger partial charge in [-0.05, 0) is 13.3 Å². The smallest absolute Gasteiger partial charge is 0.327 e. The van der Waals surface area contributed by atoms with Crippen LogP contribution in [0.5, 0.6) is 0 Å². The van der Waals surface area contributed by atoms with Crippen LogP contribution < -0.4 is 5.32 Å². The predicted molar refractivity (Wildman–Crippen MR) is 81.1 cm³/mol. The number of carbonyl (C=O) groups is 3. The Morgan fingerprint density at radius 3 is 2.52 bits per heavy atom. The first kappa shape index (κ1) is 17.6. The monoisotopic (exact) mass is 317 g/mol. The first-order chi connectivity index (χ1) is 9.96. The van der Waals surface area contributed by atoms with Crippen molar-refractivity contribution in [2.75, 3.05) is 25.9 Å². The molecular weight excluding hydrogens is 294 g/mol. The molecule has 1 fully saturated rings. The van der Waals surface area contributed by atoms with Gasteiger partial charge in [-0.25, -0.2) is 9.59 Å². The Hall–Kier alpha value is -1.44. The zero-order chi connectivity index (χ0) is 16.0. The molecule has 0 aliphatic carbocycles. The van der Waals surface area contributed by atoms with Gasteiger partial charge in [-0.2, -0.15) is 0 Å². The van der Waals surface area contributed by atoms with Gasteiger partial charge in [0.2, 0.25) is 5.91 Å². The molecule has 0 radical (unpaired) electrons. The molecule has 1 saturated heterocycles. The highest BCUT2D eigenvalue weighted by atomic mass is 32.2. The molecule has 1 aliphatic rings. The predicted octanol–water partition coefficient (Wildman–Crippen LogP) is 0.803. The Labute approximate surface area is 129 Å². The standard InChI is InChI=1S/C13H23N3O4S/c1-4-6-11-16(9(8-21-11)12(18)19)13(20)15(5-2)7-10(17)14-3/h9,11H,4-8H2,1-3H3,(H,14,17)(H,18,19). The fourth-order valence-electron chi connectivity index (χ4n) is 2.21. The molecule has 1 heterocycles. The van der Waals surface area contributed by atoms with E-state index in [-0.39, 0.29) is 23.9 Å². The molecular formula is C13H23N3O4S. The molecule has 0 aromatic heterocycles. The normalized spacial score (nSPS) is 21.2. The van der Waals surface area contributed by atoms with Gasteiger partial charge in [0.05, 0.1) is 5.37 Å². The summed E-state index contributed by atoms with van der Waals surface area (Å²) >= 11 is 1.49. The van der Waals surface area contributed by atoms with Crippen LogP contribution in [0.2, 0.25) is 0 Å². The lowest BCUT2D eigenvalue weighted by atomic mass is 10.2. The van der Waals surface area contributed by atoms with Crippen LogP contribution in [0.3, 0.4) is 0 Å². The van der Waals surface area contributed by atoms with E-state index in [0.29, 0.717) is 12.3 Å². The van der Waals surface area contributed by atoms with Gasteiger partial charge in [-0.1, -0.05) is 13.3 Å². The molecule has 120 valence electrons. The van der Waals surface area contributed by atoms with Crippen molar-refractivity contribution in [3.8, 4) is 0 Å². The number of rotatable bonds is 6. The van der Waals surface area contributed by atoms with Crippen molar-refractivity contribution in [1.82, 2.24) is 15.1 Å². The van der Waals surface area contributed by atoms with Crippen LogP contribution in [0, 0.1) is 0 Å². The van der Waals surface area contributed by atoms with Gasteiger partial charge < -0.3 is 15.3 Å². The first-order valence-corrected chi connectivity index (χ1v) is 8.13. The maximum absolute atomic E-state index is 12.6. The molecule has 21 heavy (non-hydrogen) atoms. The number of hydrogen-bond acceptors (Lipinski definition) is 4. The number of amides is 3. The molecule has 1 aliphatic heterocycles. The van der Waals surface area contributed by atoms with E-state index in [9.17, 15) is 19.5 Å². The van der Waals surface area contributed by atoms with Crippen molar-refractivity contribution < 1.29 is 19.5 Å². The molecule has 0 spiro atoms. The zero-order valence-electron chi connectivity index (χ0n) is 12.7. The van der Waals surface area contributed by atoms with Gasteiger partial charge in [0.1, 0.15) is 12.6 Å². The topological polar surface area (TPSA) is 90.0 Å². The summed E-state index contributed by atoms with van der Waals surface area (Å²) in [7, 11) is 1.51. The number of thioether (sulfide) groups is 1. The third kappa shape index (κ3) is 4.26. The molecule has 0 bridgehead atoms. The molecule has 2 atom stereocenters. The van der Waals surface area contributed by atoms with E-state index in [0.717, 1.165) is 12.8 Å². The lowest BCUT2D eigenvalue weighted by molar-refractivity contribution is -0.141. The van der Waals surface area contributed by atoms with E-state index < -0.39 is 12.0 Å². The molecule has 1 rings (SSSR count). The van der Waals surface area contributed by atoms with Crippen LogP contribution in [-0.4, -0.2) is 70.1 Å². The fraction of sp³-hybridized carbons (Fsp3) is 0.769. The van der Waals surface area contributed by atoms with Crippen molar-refractivity contribution in [2.24, 2.45) is 0 Å². The molecule has 8 heteroatoms. The minimum atomic E-state index is -0.995. The first-order valence-electron chi connectivity index (χ1n) is 7.08. The summed E-state index contributed by atoms with van der Waals surface area (Å²) in [6.45, 7) is 4.07. The molecule has 0 aromatic rings. The second-order valence-electron chi connectivity index (χ2n) is 4.81. The van der Waals surface area contributed by atoms with Crippen LogP contribution in [0.25, 0.3) is 0 Å². The van der Waals surface area contributed by atoms with Crippen molar-refractivity contribution in [3.63, 3.8) is 0 Å². The molecule has 2 unspecified atom stereocenters. The summed E-state index contributed by atoms with van der Waals surface area (Å²) < 4.78 is 0. The second-order valence-corrected chi connectivity index (χ2v) is 6.02. The molecule has 0 saturated carbocycles. The average Bonchev–Trinajstić information content (AvgIpc) is 2.88. The number of nitrogens with zero attached hydrogens (tertiary/aromatic N) is 2. The third-order valence-electron chi connectivity index (χ3n) is 3.40. The van der Waals surface area contributed by atoms with E-state index in [1.807, 2.05) is 6.92 Å².